The number of nitrogens with two attached hydrogens (primary N) is 1. The summed E-state index contributed by atoms with van der Waals surface area (Å²) in [6.45, 7) is 0. The zero-order valence-corrected chi connectivity index (χ0v) is 7.74. The van der Waals surface area contributed by atoms with Crippen molar-refractivity contribution in [2.24, 2.45) is 5.73 Å². The second-order valence-electron chi connectivity index (χ2n) is 3.43. The molecule has 1 fully saturated rings. The van der Waals surface area contributed by atoms with E-state index in [1.54, 1.807) is 0 Å². The van der Waals surface area contributed by atoms with Gasteiger partial charge in [0.1, 0.15) is 23.8 Å². The molecule has 2 N–H and O–H groups in total. The molecule has 2 rings (SSSR count). The Morgan fingerprint density at radius 2 is 2.13 bits per heavy atom. The van der Waals surface area contributed by atoms with Gasteiger partial charge in [-0.1, -0.05) is 0 Å². The van der Waals surface area contributed by atoms with Crippen LogP contribution in [0.15, 0.2) is 18.2 Å². The number of hydrogen-bond acceptors (Lipinski definition) is 3. The molecule has 0 saturated carbocycles. The molecule has 1 aliphatic heterocycles. The van der Waals surface area contributed by atoms with Gasteiger partial charge in [-0.3, -0.25) is 4.79 Å². The third-order valence-corrected chi connectivity index (χ3v) is 2.33. The Morgan fingerprint density at radius 1 is 1.40 bits per heavy atom. The van der Waals surface area contributed by atoms with Gasteiger partial charge in [-0.15, -0.1) is 0 Å². The van der Waals surface area contributed by atoms with Gasteiger partial charge in [0.05, 0.1) is 0 Å². The van der Waals surface area contributed by atoms with E-state index in [4.69, 9.17) is 10.5 Å². The minimum absolute atomic E-state index is 0.0382. The summed E-state index contributed by atoms with van der Waals surface area (Å²) in [5.41, 5.74) is 5.44. The van der Waals surface area contributed by atoms with Gasteiger partial charge in [0.2, 0.25) is 0 Å². The van der Waals surface area contributed by atoms with Crippen LogP contribution in [0, 0.1) is 11.6 Å². The molecule has 1 saturated heterocycles. The molecule has 2 unspecified atom stereocenters. The van der Waals surface area contributed by atoms with Gasteiger partial charge in [-0.05, 0) is 18.2 Å². The van der Waals surface area contributed by atoms with Crippen molar-refractivity contribution in [3.05, 3.63) is 35.4 Å². The zero-order valence-electron chi connectivity index (χ0n) is 7.74. The Bertz CT molecular complexity index is 408. The summed E-state index contributed by atoms with van der Waals surface area (Å²) in [4.78, 5) is 11.0. The van der Waals surface area contributed by atoms with Crippen molar-refractivity contribution in [3.8, 4) is 0 Å². The van der Waals surface area contributed by atoms with Crippen LogP contribution in [-0.2, 0) is 9.53 Å². The highest BCUT2D eigenvalue weighted by Gasteiger charge is 2.34. The van der Waals surface area contributed by atoms with Gasteiger partial charge in [0.15, 0.2) is 0 Å². The quantitative estimate of drug-likeness (QED) is 0.715. The lowest BCUT2D eigenvalue weighted by Gasteiger charge is -2.09. The minimum Gasteiger partial charge on any atom is -0.456 e. The Labute approximate surface area is 84.8 Å². The first-order valence-corrected chi connectivity index (χ1v) is 4.49. The zero-order chi connectivity index (χ0) is 11.0. The molecule has 0 aliphatic carbocycles. The first-order valence-electron chi connectivity index (χ1n) is 4.49. The molecule has 2 atom stereocenters. The van der Waals surface area contributed by atoms with E-state index in [2.05, 4.69) is 0 Å². The molecule has 0 radical (unpaired) electrons. The number of rotatable bonds is 1. The van der Waals surface area contributed by atoms with Crippen LogP contribution < -0.4 is 5.73 Å². The van der Waals surface area contributed by atoms with Crippen molar-refractivity contribution in [2.75, 3.05) is 0 Å². The van der Waals surface area contributed by atoms with Crippen LogP contribution in [0.1, 0.15) is 18.1 Å². The third kappa shape index (κ3) is 1.83. The normalized spacial score (nSPS) is 25.4. The lowest BCUT2D eigenvalue weighted by Crippen LogP contribution is -2.24. The largest absolute Gasteiger partial charge is 0.456 e. The summed E-state index contributed by atoms with van der Waals surface area (Å²) in [6.07, 6.45) is -0.595. The summed E-state index contributed by atoms with van der Waals surface area (Å²) in [7, 11) is 0. The maximum Gasteiger partial charge on any atom is 0.323 e. The SMILES string of the molecule is NC1CC(c2cc(F)ccc2F)OC1=O. The Morgan fingerprint density at radius 3 is 2.73 bits per heavy atom. The van der Waals surface area contributed by atoms with E-state index in [-0.39, 0.29) is 12.0 Å². The van der Waals surface area contributed by atoms with E-state index in [9.17, 15) is 13.6 Å². The highest BCUT2D eigenvalue weighted by atomic mass is 19.1. The van der Waals surface area contributed by atoms with Crippen molar-refractivity contribution in [1.29, 1.82) is 0 Å². The predicted octanol–water partition coefficient (Wildman–Crippen LogP) is 1.28. The number of carbonyl (C=O) groups is 1. The van der Waals surface area contributed by atoms with Crippen LogP contribution in [0.3, 0.4) is 0 Å². The lowest BCUT2D eigenvalue weighted by atomic mass is 10.0. The number of benzene rings is 1. The Hall–Kier alpha value is -1.49. The number of halogens is 2. The Balaban J connectivity index is 2.30. The molecule has 80 valence electrons. The maximum atomic E-state index is 13.3. The molecule has 0 spiro atoms. The fourth-order valence-corrected chi connectivity index (χ4v) is 1.55. The fourth-order valence-electron chi connectivity index (χ4n) is 1.55. The van der Waals surface area contributed by atoms with Gasteiger partial charge in [-0.2, -0.15) is 0 Å². The smallest absolute Gasteiger partial charge is 0.323 e. The molecule has 3 nitrogen and oxygen atoms in total. The van der Waals surface area contributed by atoms with E-state index in [0.717, 1.165) is 18.2 Å². The van der Waals surface area contributed by atoms with Crippen LogP contribution in [0.2, 0.25) is 0 Å². The van der Waals surface area contributed by atoms with Crippen LogP contribution in [-0.4, -0.2) is 12.0 Å². The molecule has 15 heavy (non-hydrogen) atoms. The van der Waals surface area contributed by atoms with Gasteiger partial charge in [0, 0.05) is 12.0 Å². The van der Waals surface area contributed by atoms with E-state index in [1.807, 2.05) is 0 Å². The van der Waals surface area contributed by atoms with Crippen molar-refractivity contribution in [3.63, 3.8) is 0 Å². The van der Waals surface area contributed by atoms with Crippen LogP contribution in [0.25, 0.3) is 0 Å². The number of hydrogen-bond donors (Lipinski definition) is 1. The number of cyclic esters (lactones) is 1. The minimum atomic E-state index is -0.775. The standard InChI is InChI=1S/C10H9F2NO2/c11-5-1-2-7(12)6(3-5)9-4-8(13)10(14)15-9/h1-3,8-9H,4,13H2. The van der Waals surface area contributed by atoms with E-state index < -0.39 is 29.7 Å². The monoisotopic (exact) mass is 213 g/mol. The molecule has 0 bridgehead atoms. The molecule has 1 aromatic carbocycles. The summed E-state index contributed by atoms with van der Waals surface area (Å²) < 4.78 is 31.0. The number of carbonyl (C=O) groups excluding carboxylic acids is 1. The molecule has 0 amide bonds. The molecule has 1 heterocycles. The number of esters is 1. The second-order valence-corrected chi connectivity index (χ2v) is 3.43. The van der Waals surface area contributed by atoms with Crippen molar-refractivity contribution in [1.82, 2.24) is 0 Å². The maximum absolute atomic E-state index is 13.3. The summed E-state index contributed by atoms with van der Waals surface area (Å²) in [5, 5.41) is 0. The molecule has 0 aromatic heterocycles. The molecule has 1 aromatic rings. The van der Waals surface area contributed by atoms with Gasteiger partial charge >= 0.3 is 5.97 Å². The van der Waals surface area contributed by atoms with E-state index in [0.29, 0.717) is 0 Å². The van der Waals surface area contributed by atoms with Gasteiger partial charge in [-0.25, -0.2) is 8.78 Å². The highest BCUT2D eigenvalue weighted by molar-refractivity contribution is 5.77. The summed E-state index contributed by atoms with van der Waals surface area (Å²) >= 11 is 0. The topological polar surface area (TPSA) is 52.3 Å². The van der Waals surface area contributed by atoms with E-state index in [1.165, 1.54) is 0 Å². The van der Waals surface area contributed by atoms with Crippen LogP contribution in [0.4, 0.5) is 8.78 Å². The van der Waals surface area contributed by atoms with Gasteiger partial charge < -0.3 is 10.5 Å². The highest BCUT2D eigenvalue weighted by Crippen LogP contribution is 2.30. The van der Waals surface area contributed by atoms with Crippen molar-refractivity contribution < 1.29 is 18.3 Å². The summed E-state index contributed by atoms with van der Waals surface area (Å²) in [6, 6.07) is 2.28. The second kappa shape index (κ2) is 3.58. The molecule has 5 heteroatoms. The lowest BCUT2D eigenvalue weighted by molar-refractivity contribution is -0.142. The first-order chi connectivity index (χ1) is 7.08. The van der Waals surface area contributed by atoms with Crippen LogP contribution >= 0.6 is 0 Å². The third-order valence-electron chi connectivity index (χ3n) is 2.33. The van der Waals surface area contributed by atoms with Crippen LogP contribution in [0.5, 0.6) is 0 Å². The summed E-state index contributed by atoms with van der Waals surface area (Å²) in [5.74, 6) is -1.74. The molecular formula is C10H9F2NO2. The Kier molecular flexibility index (Phi) is 2.40. The number of ether oxygens (including phenoxy) is 1. The molecule has 1 aliphatic rings. The molecular weight excluding hydrogens is 204 g/mol. The van der Waals surface area contributed by atoms with Gasteiger partial charge in [0.25, 0.3) is 0 Å². The predicted molar refractivity (Wildman–Crippen MR) is 47.8 cm³/mol. The first kappa shape index (κ1) is 10.0. The average molecular weight is 213 g/mol. The average Bonchev–Trinajstić information content (AvgIpc) is 2.51. The fraction of sp³-hybridized carbons (Fsp3) is 0.300. The van der Waals surface area contributed by atoms with Crippen molar-refractivity contribution in [2.45, 2.75) is 18.6 Å². The van der Waals surface area contributed by atoms with E-state index >= 15 is 0 Å². The van der Waals surface area contributed by atoms with Crippen molar-refractivity contribution >= 4 is 5.97 Å².